The van der Waals surface area contributed by atoms with Gasteiger partial charge >= 0.3 is 0 Å². The number of benzene rings is 2. The molecule has 0 saturated heterocycles. The van der Waals surface area contributed by atoms with Crippen molar-refractivity contribution in [3.63, 3.8) is 0 Å². The fourth-order valence-electron chi connectivity index (χ4n) is 4.02. The number of carbonyl (C=O) groups excluding carboxylic acids is 1. The van der Waals surface area contributed by atoms with Crippen LogP contribution in [-0.2, 0) is 17.6 Å². The molecule has 164 valence electrons. The smallest absolute Gasteiger partial charge is 0.220 e. The summed E-state index contributed by atoms with van der Waals surface area (Å²) in [5.41, 5.74) is 7.38. The van der Waals surface area contributed by atoms with Crippen molar-refractivity contribution in [2.45, 2.75) is 40.0 Å². The second kappa shape index (κ2) is 9.30. The molecule has 6 heteroatoms. The zero-order valence-electron chi connectivity index (χ0n) is 18.7. The van der Waals surface area contributed by atoms with Crippen molar-refractivity contribution in [1.29, 1.82) is 0 Å². The average molecular weight is 431 g/mol. The zero-order valence-corrected chi connectivity index (χ0v) is 18.7. The second-order valence-electron chi connectivity index (χ2n) is 8.16. The van der Waals surface area contributed by atoms with Gasteiger partial charge < -0.3 is 5.32 Å². The average Bonchev–Trinajstić information content (AvgIpc) is 3.18. The summed E-state index contributed by atoms with van der Waals surface area (Å²) in [4.78, 5) is 17.1. The lowest BCUT2D eigenvalue weighted by molar-refractivity contribution is -0.121. The molecule has 0 aliphatic carbocycles. The van der Waals surface area contributed by atoms with Crippen LogP contribution in [0.2, 0.25) is 0 Å². The van der Waals surface area contributed by atoms with Gasteiger partial charge in [0.15, 0.2) is 5.65 Å². The number of aryl methyl sites for hydroxylation is 3. The molecule has 0 fully saturated rings. The molecule has 0 aliphatic heterocycles. The molecule has 2 aromatic heterocycles. The van der Waals surface area contributed by atoms with Crippen LogP contribution in [0.15, 0.2) is 54.6 Å². The molecule has 32 heavy (non-hydrogen) atoms. The van der Waals surface area contributed by atoms with E-state index >= 15 is 0 Å². The van der Waals surface area contributed by atoms with Gasteiger partial charge in [0.25, 0.3) is 0 Å². The molecule has 0 atom stereocenters. The van der Waals surface area contributed by atoms with E-state index in [4.69, 9.17) is 0 Å². The predicted molar refractivity (Wildman–Crippen MR) is 124 cm³/mol. The molecule has 0 spiro atoms. The fourth-order valence-corrected chi connectivity index (χ4v) is 4.02. The topological polar surface area (TPSA) is 59.3 Å². The number of nitrogens with zero attached hydrogens (tertiary/aromatic N) is 3. The standard InChI is InChI=1S/C26H27FN4O/c1-17-6-4-7-20(14-17)12-13-28-26(32)11-10-23-18(2)29-25-16-24(30-31(25)19(23)3)21-8-5-9-22(27)15-21/h4-9,14-16H,10-13H2,1-3H3,(H,28,32). The molecule has 1 amide bonds. The van der Waals surface area contributed by atoms with Crippen LogP contribution in [0.4, 0.5) is 4.39 Å². The third-order valence-corrected chi connectivity index (χ3v) is 5.70. The van der Waals surface area contributed by atoms with Crippen molar-refractivity contribution >= 4 is 11.6 Å². The highest BCUT2D eigenvalue weighted by Gasteiger charge is 2.14. The van der Waals surface area contributed by atoms with Crippen LogP contribution >= 0.6 is 0 Å². The lowest BCUT2D eigenvalue weighted by Crippen LogP contribution is -2.26. The number of hydrogen-bond acceptors (Lipinski definition) is 3. The Balaban J connectivity index is 1.43. The Morgan fingerprint density at radius 2 is 1.84 bits per heavy atom. The summed E-state index contributed by atoms with van der Waals surface area (Å²) in [6, 6.07) is 16.6. The minimum atomic E-state index is -0.297. The van der Waals surface area contributed by atoms with Gasteiger partial charge in [-0.2, -0.15) is 5.10 Å². The van der Waals surface area contributed by atoms with Crippen molar-refractivity contribution in [1.82, 2.24) is 19.9 Å². The first-order valence-corrected chi connectivity index (χ1v) is 10.8. The monoisotopic (exact) mass is 430 g/mol. The van der Waals surface area contributed by atoms with Crippen molar-refractivity contribution in [3.05, 3.63) is 88.5 Å². The summed E-state index contributed by atoms with van der Waals surface area (Å²) in [5, 5.41) is 7.64. The van der Waals surface area contributed by atoms with Crippen molar-refractivity contribution in [2.75, 3.05) is 6.54 Å². The number of rotatable bonds is 7. The molecule has 4 aromatic rings. The molecule has 2 aromatic carbocycles. The van der Waals surface area contributed by atoms with E-state index < -0.39 is 0 Å². The Labute approximate surface area is 187 Å². The van der Waals surface area contributed by atoms with Gasteiger partial charge in [0.05, 0.1) is 5.69 Å². The number of aromatic nitrogens is 3. The molecule has 0 saturated carbocycles. The minimum absolute atomic E-state index is 0.0254. The molecular formula is C26H27FN4O. The summed E-state index contributed by atoms with van der Waals surface area (Å²) >= 11 is 0. The lowest BCUT2D eigenvalue weighted by Gasteiger charge is -2.11. The fraction of sp³-hybridized carbons (Fsp3) is 0.269. The third kappa shape index (κ3) is 4.85. The van der Waals surface area contributed by atoms with E-state index in [1.807, 2.05) is 32.0 Å². The van der Waals surface area contributed by atoms with Crippen LogP contribution in [0.5, 0.6) is 0 Å². The molecule has 0 unspecified atom stereocenters. The van der Waals surface area contributed by atoms with E-state index in [2.05, 4.69) is 40.5 Å². The van der Waals surface area contributed by atoms with Crippen LogP contribution in [0.25, 0.3) is 16.9 Å². The molecule has 4 rings (SSSR count). The number of carbonyl (C=O) groups is 1. The second-order valence-corrected chi connectivity index (χ2v) is 8.16. The quantitative estimate of drug-likeness (QED) is 0.460. The molecule has 0 radical (unpaired) electrons. The summed E-state index contributed by atoms with van der Waals surface area (Å²) in [5.74, 6) is -0.271. The van der Waals surface area contributed by atoms with E-state index in [9.17, 15) is 9.18 Å². The van der Waals surface area contributed by atoms with Gasteiger partial charge in [-0.05, 0) is 56.9 Å². The molecular weight excluding hydrogens is 403 g/mol. The Bertz CT molecular complexity index is 1280. The maximum Gasteiger partial charge on any atom is 0.220 e. The van der Waals surface area contributed by atoms with E-state index in [0.29, 0.717) is 36.3 Å². The summed E-state index contributed by atoms with van der Waals surface area (Å²) in [6.45, 7) is 6.62. The number of nitrogens with one attached hydrogen (secondary N) is 1. The number of amides is 1. The van der Waals surface area contributed by atoms with E-state index in [1.165, 1.54) is 23.3 Å². The molecule has 1 N–H and O–H groups in total. The zero-order chi connectivity index (χ0) is 22.7. The van der Waals surface area contributed by atoms with Gasteiger partial charge in [0, 0.05) is 36.0 Å². The van der Waals surface area contributed by atoms with Crippen LogP contribution in [0.1, 0.15) is 34.5 Å². The predicted octanol–water partition coefficient (Wildman–Crippen LogP) is 4.75. The van der Waals surface area contributed by atoms with Crippen LogP contribution < -0.4 is 5.32 Å². The maximum atomic E-state index is 13.6. The van der Waals surface area contributed by atoms with E-state index in [-0.39, 0.29) is 11.7 Å². The van der Waals surface area contributed by atoms with Crippen LogP contribution in [-0.4, -0.2) is 27.0 Å². The van der Waals surface area contributed by atoms with E-state index in [0.717, 1.165) is 23.4 Å². The largest absolute Gasteiger partial charge is 0.356 e. The Morgan fingerprint density at radius 3 is 2.62 bits per heavy atom. The van der Waals surface area contributed by atoms with Crippen molar-refractivity contribution in [2.24, 2.45) is 0 Å². The highest BCUT2D eigenvalue weighted by molar-refractivity contribution is 5.76. The van der Waals surface area contributed by atoms with Gasteiger partial charge in [-0.1, -0.05) is 42.0 Å². The molecule has 2 heterocycles. The van der Waals surface area contributed by atoms with Gasteiger partial charge in [0.2, 0.25) is 5.91 Å². The molecule has 0 aliphatic rings. The van der Waals surface area contributed by atoms with Gasteiger partial charge in [-0.15, -0.1) is 0 Å². The SMILES string of the molecule is Cc1cccc(CCNC(=O)CCc2c(C)nc3cc(-c4cccc(F)c4)nn3c2C)c1. The van der Waals surface area contributed by atoms with Crippen molar-refractivity contribution in [3.8, 4) is 11.3 Å². The molecule has 0 bridgehead atoms. The van der Waals surface area contributed by atoms with Gasteiger partial charge in [0.1, 0.15) is 5.82 Å². The van der Waals surface area contributed by atoms with Crippen molar-refractivity contribution < 1.29 is 9.18 Å². The van der Waals surface area contributed by atoms with Crippen LogP contribution in [0.3, 0.4) is 0 Å². The Hall–Kier alpha value is -3.54. The summed E-state index contributed by atoms with van der Waals surface area (Å²) in [6.07, 6.45) is 1.79. The lowest BCUT2D eigenvalue weighted by atomic mass is 10.1. The number of hydrogen-bond donors (Lipinski definition) is 1. The van der Waals surface area contributed by atoms with Gasteiger partial charge in [-0.25, -0.2) is 13.9 Å². The minimum Gasteiger partial charge on any atom is -0.356 e. The van der Waals surface area contributed by atoms with Gasteiger partial charge in [-0.3, -0.25) is 4.79 Å². The Morgan fingerprint density at radius 1 is 1.03 bits per heavy atom. The summed E-state index contributed by atoms with van der Waals surface area (Å²) in [7, 11) is 0. The van der Waals surface area contributed by atoms with Crippen LogP contribution in [0, 0.1) is 26.6 Å². The molecule has 5 nitrogen and oxygen atoms in total. The first-order valence-electron chi connectivity index (χ1n) is 10.8. The Kier molecular flexibility index (Phi) is 6.30. The highest BCUT2D eigenvalue weighted by atomic mass is 19.1. The highest BCUT2D eigenvalue weighted by Crippen LogP contribution is 2.23. The summed E-state index contributed by atoms with van der Waals surface area (Å²) < 4.78 is 15.4. The maximum absolute atomic E-state index is 13.6. The normalized spacial score (nSPS) is 11.1. The first kappa shape index (κ1) is 21.7. The number of fused-ring (bicyclic) bond motifs is 1. The third-order valence-electron chi connectivity index (χ3n) is 5.70. The number of halogens is 1. The first-order chi connectivity index (χ1) is 15.4. The van der Waals surface area contributed by atoms with E-state index in [1.54, 1.807) is 10.6 Å².